The van der Waals surface area contributed by atoms with E-state index in [9.17, 15) is 14.0 Å². The van der Waals surface area contributed by atoms with Crippen LogP contribution in [0.5, 0.6) is 0 Å². The molecule has 0 unspecified atom stereocenters. The van der Waals surface area contributed by atoms with Crippen molar-refractivity contribution in [2.75, 3.05) is 18.4 Å². The van der Waals surface area contributed by atoms with Crippen molar-refractivity contribution in [3.63, 3.8) is 0 Å². The van der Waals surface area contributed by atoms with Crippen LogP contribution in [0, 0.1) is 18.7 Å². The summed E-state index contributed by atoms with van der Waals surface area (Å²) in [6.07, 6.45) is 8.33. The molecule has 3 rings (SSSR count). The van der Waals surface area contributed by atoms with Gasteiger partial charge in [0.15, 0.2) is 0 Å². The van der Waals surface area contributed by atoms with Crippen LogP contribution in [0.1, 0.15) is 50.5 Å². The number of nitrogens with zero attached hydrogens (tertiary/aromatic N) is 1. The van der Waals surface area contributed by atoms with E-state index in [0.29, 0.717) is 18.0 Å². The number of amides is 2. The van der Waals surface area contributed by atoms with Crippen LogP contribution in [0.4, 0.5) is 10.1 Å². The Balaban J connectivity index is 1.47. The van der Waals surface area contributed by atoms with Crippen molar-refractivity contribution in [1.82, 2.24) is 4.90 Å². The van der Waals surface area contributed by atoms with Gasteiger partial charge in [-0.3, -0.25) is 9.59 Å². The molecule has 1 aliphatic carbocycles. The summed E-state index contributed by atoms with van der Waals surface area (Å²) in [4.78, 5) is 26.7. The number of piperidine rings is 1. The van der Waals surface area contributed by atoms with E-state index < -0.39 is 0 Å². The molecule has 140 valence electrons. The SMILES string of the molecule is Cc1cc(F)ccc1NC(=O)CC[C@@H]1CCCN(C(=O)C2=CCCC2)C1. The number of carbonyl (C=O) groups excluding carboxylic acids is 2. The number of halogens is 1. The van der Waals surface area contributed by atoms with E-state index in [2.05, 4.69) is 11.4 Å². The summed E-state index contributed by atoms with van der Waals surface area (Å²) >= 11 is 0. The average Bonchev–Trinajstić information content (AvgIpc) is 3.17. The standard InChI is InChI=1S/C21H27FN2O2/c1-15-13-18(22)9-10-19(15)23-20(25)11-8-16-5-4-12-24(14-16)21(26)17-6-2-3-7-17/h6,9-10,13,16H,2-5,7-8,11-12,14H2,1H3,(H,23,25)/t16-/m0/s1. The van der Waals surface area contributed by atoms with Crippen molar-refractivity contribution in [1.29, 1.82) is 0 Å². The molecule has 0 aromatic heterocycles. The molecule has 1 aliphatic heterocycles. The van der Waals surface area contributed by atoms with Gasteiger partial charge in [0.1, 0.15) is 5.82 Å². The Hall–Kier alpha value is -2.17. The highest BCUT2D eigenvalue weighted by molar-refractivity contribution is 5.94. The van der Waals surface area contributed by atoms with Crippen LogP contribution < -0.4 is 5.32 Å². The zero-order valence-electron chi connectivity index (χ0n) is 15.4. The number of aryl methyl sites for hydroxylation is 1. The smallest absolute Gasteiger partial charge is 0.249 e. The molecule has 2 aliphatic rings. The first kappa shape index (κ1) is 18.6. The van der Waals surface area contributed by atoms with Gasteiger partial charge in [-0.2, -0.15) is 0 Å². The Labute approximate surface area is 154 Å². The molecule has 0 spiro atoms. The highest BCUT2D eigenvalue weighted by Gasteiger charge is 2.26. The third kappa shape index (κ3) is 4.71. The Kier molecular flexibility index (Phi) is 6.07. The lowest BCUT2D eigenvalue weighted by Gasteiger charge is -2.33. The number of likely N-dealkylation sites (tertiary alicyclic amines) is 1. The highest BCUT2D eigenvalue weighted by Crippen LogP contribution is 2.26. The highest BCUT2D eigenvalue weighted by atomic mass is 19.1. The van der Waals surface area contributed by atoms with Gasteiger partial charge in [0.2, 0.25) is 11.8 Å². The molecule has 1 aromatic rings. The van der Waals surface area contributed by atoms with Crippen LogP contribution in [0.2, 0.25) is 0 Å². The van der Waals surface area contributed by atoms with Crippen LogP contribution in [0.15, 0.2) is 29.8 Å². The Morgan fingerprint density at radius 2 is 2.15 bits per heavy atom. The third-order valence-corrected chi connectivity index (χ3v) is 5.36. The molecule has 26 heavy (non-hydrogen) atoms. The van der Waals surface area contributed by atoms with Crippen molar-refractivity contribution in [3.8, 4) is 0 Å². The largest absolute Gasteiger partial charge is 0.339 e. The van der Waals surface area contributed by atoms with Gasteiger partial charge in [-0.25, -0.2) is 4.39 Å². The van der Waals surface area contributed by atoms with E-state index >= 15 is 0 Å². The summed E-state index contributed by atoms with van der Waals surface area (Å²) in [6, 6.07) is 4.36. The molecule has 1 saturated heterocycles. The maximum atomic E-state index is 13.1. The van der Waals surface area contributed by atoms with Crippen LogP contribution in [-0.4, -0.2) is 29.8 Å². The number of allylic oxidation sites excluding steroid dienone is 1. The average molecular weight is 358 g/mol. The van der Waals surface area contributed by atoms with E-state index in [1.165, 1.54) is 12.1 Å². The summed E-state index contributed by atoms with van der Waals surface area (Å²) in [5, 5.41) is 2.86. The monoisotopic (exact) mass is 358 g/mol. The summed E-state index contributed by atoms with van der Waals surface area (Å²) < 4.78 is 13.1. The predicted molar refractivity (Wildman–Crippen MR) is 100 cm³/mol. The Morgan fingerprint density at radius 3 is 2.88 bits per heavy atom. The molecule has 0 bridgehead atoms. The van der Waals surface area contributed by atoms with Gasteiger partial charge in [-0.05, 0) is 75.1 Å². The molecule has 2 amide bonds. The van der Waals surface area contributed by atoms with Crippen LogP contribution in [0.3, 0.4) is 0 Å². The summed E-state index contributed by atoms with van der Waals surface area (Å²) in [5.74, 6) is 0.208. The summed E-state index contributed by atoms with van der Waals surface area (Å²) in [5.41, 5.74) is 2.35. The first-order valence-corrected chi connectivity index (χ1v) is 9.57. The van der Waals surface area contributed by atoms with E-state index in [-0.39, 0.29) is 17.6 Å². The number of carbonyl (C=O) groups is 2. The first-order valence-electron chi connectivity index (χ1n) is 9.57. The maximum absolute atomic E-state index is 13.1. The molecule has 0 saturated carbocycles. The molecule has 0 radical (unpaired) electrons. The molecular formula is C21H27FN2O2. The lowest BCUT2D eigenvalue weighted by atomic mass is 9.92. The van der Waals surface area contributed by atoms with Gasteiger partial charge in [-0.15, -0.1) is 0 Å². The normalized spacial score (nSPS) is 20.0. The van der Waals surface area contributed by atoms with Crippen molar-refractivity contribution in [3.05, 3.63) is 41.2 Å². The van der Waals surface area contributed by atoms with E-state index in [1.54, 1.807) is 13.0 Å². The molecule has 4 nitrogen and oxygen atoms in total. The van der Waals surface area contributed by atoms with Gasteiger partial charge in [0, 0.05) is 30.8 Å². The molecule has 5 heteroatoms. The minimum absolute atomic E-state index is 0.0540. The fraction of sp³-hybridized carbons (Fsp3) is 0.524. The lowest BCUT2D eigenvalue weighted by Crippen LogP contribution is -2.40. The van der Waals surface area contributed by atoms with Gasteiger partial charge in [0.25, 0.3) is 0 Å². The number of nitrogens with one attached hydrogen (secondary N) is 1. The number of anilines is 1. The molecule has 1 heterocycles. The lowest BCUT2D eigenvalue weighted by molar-refractivity contribution is -0.129. The molecule has 1 fully saturated rings. The van der Waals surface area contributed by atoms with Gasteiger partial charge < -0.3 is 10.2 Å². The fourth-order valence-electron chi connectivity index (χ4n) is 3.87. The Bertz CT molecular complexity index is 714. The van der Waals surface area contributed by atoms with Crippen LogP contribution in [0.25, 0.3) is 0 Å². The van der Waals surface area contributed by atoms with Crippen LogP contribution in [-0.2, 0) is 9.59 Å². The molecule has 1 aromatic carbocycles. The van der Waals surface area contributed by atoms with Crippen molar-refractivity contribution >= 4 is 17.5 Å². The van der Waals surface area contributed by atoms with E-state index in [1.807, 2.05) is 4.90 Å². The predicted octanol–water partition coefficient (Wildman–Crippen LogP) is 4.20. The molecule has 1 atom stereocenters. The Morgan fingerprint density at radius 1 is 1.31 bits per heavy atom. The van der Waals surface area contributed by atoms with Crippen molar-refractivity contribution < 1.29 is 14.0 Å². The van der Waals surface area contributed by atoms with Crippen molar-refractivity contribution in [2.24, 2.45) is 5.92 Å². The van der Waals surface area contributed by atoms with Gasteiger partial charge in [-0.1, -0.05) is 6.08 Å². The van der Waals surface area contributed by atoms with Crippen LogP contribution >= 0.6 is 0 Å². The second-order valence-electron chi connectivity index (χ2n) is 7.43. The van der Waals surface area contributed by atoms with Gasteiger partial charge >= 0.3 is 0 Å². The summed E-state index contributed by atoms with van der Waals surface area (Å²) in [7, 11) is 0. The first-order chi connectivity index (χ1) is 12.5. The number of benzene rings is 1. The second-order valence-corrected chi connectivity index (χ2v) is 7.43. The quantitative estimate of drug-likeness (QED) is 0.857. The van der Waals surface area contributed by atoms with E-state index in [4.69, 9.17) is 0 Å². The topological polar surface area (TPSA) is 49.4 Å². The van der Waals surface area contributed by atoms with Crippen molar-refractivity contribution in [2.45, 2.75) is 51.9 Å². The number of hydrogen-bond acceptors (Lipinski definition) is 2. The molecule has 1 N–H and O–H groups in total. The third-order valence-electron chi connectivity index (χ3n) is 5.36. The van der Waals surface area contributed by atoms with Gasteiger partial charge in [0.05, 0.1) is 0 Å². The number of rotatable bonds is 5. The molecular weight excluding hydrogens is 331 g/mol. The number of hydrogen-bond donors (Lipinski definition) is 1. The zero-order chi connectivity index (χ0) is 18.5. The zero-order valence-corrected chi connectivity index (χ0v) is 15.4. The fourth-order valence-corrected chi connectivity index (χ4v) is 3.87. The minimum Gasteiger partial charge on any atom is -0.339 e. The second kappa shape index (κ2) is 8.47. The summed E-state index contributed by atoms with van der Waals surface area (Å²) in [6.45, 7) is 3.35. The minimum atomic E-state index is -0.301. The maximum Gasteiger partial charge on any atom is 0.249 e. The van der Waals surface area contributed by atoms with E-state index in [0.717, 1.165) is 62.8 Å².